The largest absolute Gasteiger partial charge is 0.456 e. The van der Waals surface area contributed by atoms with Gasteiger partial charge in [0.15, 0.2) is 0 Å². The summed E-state index contributed by atoms with van der Waals surface area (Å²) in [5.74, 6) is 0. The molecule has 0 radical (unpaired) electrons. The zero-order valence-corrected chi connectivity index (χ0v) is 47.9. The summed E-state index contributed by atoms with van der Waals surface area (Å²) in [6, 6.07) is 85.1. The quantitative estimate of drug-likeness (QED) is 0.137. The van der Waals surface area contributed by atoms with Gasteiger partial charge in [-0.15, -0.1) is 0 Å². The van der Waals surface area contributed by atoms with Crippen molar-refractivity contribution in [2.75, 3.05) is 9.80 Å². The molecule has 16 rings (SSSR count). The summed E-state index contributed by atoms with van der Waals surface area (Å²) in [5.41, 5.74) is 30.3. The highest BCUT2D eigenvalue weighted by atomic mass is 16.3. The maximum atomic E-state index is 7.38. The van der Waals surface area contributed by atoms with Gasteiger partial charge in [0.25, 0.3) is 0 Å². The van der Waals surface area contributed by atoms with Crippen molar-refractivity contribution in [2.45, 2.75) is 66.2 Å². The number of aryl methyl sites for hydroxylation is 8. The highest BCUT2D eigenvalue weighted by Crippen LogP contribution is 2.53. The second-order valence-corrected chi connectivity index (χ2v) is 23.7. The number of para-hydroxylation sites is 2. The van der Waals surface area contributed by atoms with Crippen LogP contribution in [0.3, 0.4) is 0 Å². The molecule has 404 valence electrons. The van der Waals surface area contributed by atoms with Crippen molar-refractivity contribution in [1.29, 1.82) is 0 Å². The van der Waals surface area contributed by atoms with E-state index in [2.05, 4.69) is 268 Å². The second-order valence-electron chi connectivity index (χ2n) is 23.7. The van der Waals surface area contributed by atoms with Gasteiger partial charge in [0.2, 0.25) is 0 Å². The topological polar surface area (TPSA) is 32.8 Å². The van der Waals surface area contributed by atoms with E-state index < -0.39 is 0 Å². The number of nitrogens with zero attached hydrogens (tertiary/aromatic N) is 2. The number of anilines is 6. The van der Waals surface area contributed by atoms with Crippen LogP contribution < -0.4 is 9.80 Å². The molecule has 0 unspecified atom stereocenters. The first-order valence-electron chi connectivity index (χ1n) is 29.9. The van der Waals surface area contributed by atoms with Crippen molar-refractivity contribution >= 4 is 88.8 Å². The van der Waals surface area contributed by atoms with Crippen molar-refractivity contribution in [3.8, 4) is 44.5 Å². The number of hydrogen-bond acceptors (Lipinski definition) is 4. The Balaban J connectivity index is 0.859. The van der Waals surface area contributed by atoms with E-state index in [1.165, 1.54) is 121 Å². The molecule has 14 aromatic rings. The van der Waals surface area contributed by atoms with Gasteiger partial charge < -0.3 is 18.6 Å². The van der Waals surface area contributed by atoms with Crippen molar-refractivity contribution in [3.05, 3.63) is 275 Å². The third-order valence-corrected chi connectivity index (χ3v) is 18.1. The van der Waals surface area contributed by atoms with Gasteiger partial charge in [-0.1, -0.05) is 156 Å². The summed E-state index contributed by atoms with van der Waals surface area (Å²) in [5, 5.41) is 7.71. The van der Waals surface area contributed by atoms with Crippen LogP contribution in [0.2, 0.25) is 0 Å². The fraction of sp³-hybridized carbons (Fsp3) is 0.125. The van der Waals surface area contributed by atoms with Crippen LogP contribution in [-0.2, 0) is 25.7 Å². The molecule has 0 fully saturated rings. The van der Waals surface area contributed by atoms with Crippen LogP contribution in [0.25, 0.3) is 99.2 Å². The van der Waals surface area contributed by atoms with Crippen LogP contribution in [0.5, 0.6) is 0 Å². The van der Waals surface area contributed by atoms with Gasteiger partial charge >= 0.3 is 0 Å². The minimum absolute atomic E-state index is 0.916. The standard InChI is InChI=1S/C80H62N2O2/c1-49-21-29-53(30-22-49)57-41-58(54-31-23-50(2)24-32-54)44-65(43-57)81(61-13-7-5-8-14-61)63-37-39-67-73(47-63)83-79-71-19-12-18-70-76(71)75-69(77(67)79)17-11-20-72(75)80-78(70)68-40-38-64(48-74(68)84-80)82(62-15-9-6-10-16-62)66-45-59(55-33-25-51(3)26-34-55)42-60(46-66)56-35-27-52(4)28-36-56/h5-10,13-16,21-48H,11-12,17-20H2,1-4H3. The Bertz CT molecular complexity index is 4460. The van der Waals surface area contributed by atoms with Gasteiger partial charge in [0.1, 0.15) is 22.3 Å². The molecule has 0 spiro atoms. The van der Waals surface area contributed by atoms with Gasteiger partial charge in [0.05, 0.1) is 0 Å². The average Bonchev–Trinajstić information content (AvgIpc) is 1.48. The van der Waals surface area contributed by atoms with E-state index >= 15 is 0 Å². The Kier molecular flexibility index (Phi) is 11.8. The Labute approximate surface area is 490 Å². The van der Waals surface area contributed by atoms with Gasteiger partial charge in [-0.05, 0) is 218 Å². The molecule has 4 nitrogen and oxygen atoms in total. The van der Waals surface area contributed by atoms with Gasteiger partial charge in [0, 0.05) is 78.9 Å². The lowest BCUT2D eigenvalue weighted by molar-refractivity contribution is 0.653. The van der Waals surface area contributed by atoms with Crippen LogP contribution >= 0.6 is 0 Å². The van der Waals surface area contributed by atoms with Crippen LogP contribution in [0.4, 0.5) is 34.1 Å². The van der Waals surface area contributed by atoms with Crippen LogP contribution in [0.1, 0.15) is 57.3 Å². The summed E-state index contributed by atoms with van der Waals surface area (Å²) < 4.78 is 14.8. The Hall–Kier alpha value is -9.90. The first kappa shape index (κ1) is 49.9. The second kappa shape index (κ2) is 19.9. The molecule has 2 heterocycles. The number of hydrogen-bond donors (Lipinski definition) is 0. The summed E-state index contributed by atoms with van der Waals surface area (Å²) in [4.78, 5) is 4.80. The first-order valence-corrected chi connectivity index (χ1v) is 29.9. The molecular formula is C80H62N2O2. The molecule has 84 heavy (non-hydrogen) atoms. The number of rotatable bonds is 10. The zero-order valence-electron chi connectivity index (χ0n) is 47.9. The maximum Gasteiger partial charge on any atom is 0.139 e. The van der Waals surface area contributed by atoms with Crippen LogP contribution in [-0.4, -0.2) is 0 Å². The molecule has 4 heteroatoms. The molecule has 0 amide bonds. The van der Waals surface area contributed by atoms with Gasteiger partial charge in [-0.2, -0.15) is 0 Å². The Morgan fingerprint density at radius 1 is 0.262 bits per heavy atom. The van der Waals surface area contributed by atoms with E-state index in [1.807, 2.05) is 0 Å². The molecule has 0 aliphatic heterocycles. The third-order valence-electron chi connectivity index (χ3n) is 18.1. The fourth-order valence-electron chi connectivity index (χ4n) is 14.0. The molecule has 0 saturated heterocycles. The Morgan fingerprint density at radius 2 is 0.583 bits per heavy atom. The monoisotopic (exact) mass is 1080 g/mol. The smallest absolute Gasteiger partial charge is 0.139 e. The summed E-state index contributed by atoms with van der Waals surface area (Å²) in [6.07, 6.45) is 6.02. The fourth-order valence-corrected chi connectivity index (χ4v) is 14.0. The SMILES string of the molecule is Cc1ccc(-c2cc(-c3ccc(C)cc3)cc(N(c3ccccc3)c3ccc4c(c3)oc3c5c6c(c7c(oc8cc(N(c9ccccc9)c9cc(-c%10ccc(C)cc%10)cc(-c%10ccc(C)cc%10)c9)ccc87)c7c6c(c34)CCC7)CCC5)c2)cc1. The minimum Gasteiger partial charge on any atom is -0.456 e. The average molecular weight is 1080 g/mol. The lowest BCUT2D eigenvalue weighted by atomic mass is 9.77. The lowest BCUT2D eigenvalue weighted by Gasteiger charge is -2.27. The number of benzene rings is 12. The van der Waals surface area contributed by atoms with Crippen LogP contribution in [0.15, 0.2) is 239 Å². The molecule has 0 atom stereocenters. The van der Waals surface area contributed by atoms with Crippen molar-refractivity contribution in [1.82, 2.24) is 0 Å². The van der Waals surface area contributed by atoms with E-state index in [-0.39, 0.29) is 0 Å². The van der Waals surface area contributed by atoms with E-state index in [1.54, 1.807) is 0 Å². The number of fused-ring (bicyclic) bond motifs is 10. The molecule has 2 aliphatic rings. The molecule has 12 aromatic carbocycles. The summed E-state index contributed by atoms with van der Waals surface area (Å²) >= 11 is 0. The Morgan fingerprint density at radius 3 is 0.917 bits per heavy atom. The summed E-state index contributed by atoms with van der Waals surface area (Å²) in [6.45, 7) is 8.60. The van der Waals surface area contributed by atoms with Crippen molar-refractivity contribution < 1.29 is 8.83 Å². The van der Waals surface area contributed by atoms with E-state index in [0.717, 1.165) is 95.0 Å². The minimum atomic E-state index is 0.916. The van der Waals surface area contributed by atoms with Crippen LogP contribution in [0, 0.1) is 27.7 Å². The van der Waals surface area contributed by atoms with Gasteiger partial charge in [-0.3, -0.25) is 0 Å². The molecule has 0 N–H and O–H groups in total. The highest BCUT2D eigenvalue weighted by Gasteiger charge is 2.32. The summed E-state index contributed by atoms with van der Waals surface area (Å²) in [7, 11) is 0. The van der Waals surface area contributed by atoms with Crippen molar-refractivity contribution in [3.63, 3.8) is 0 Å². The molecule has 2 aromatic heterocycles. The van der Waals surface area contributed by atoms with E-state index in [9.17, 15) is 0 Å². The first-order chi connectivity index (χ1) is 41.2. The van der Waals surface area contributed by atoms with Gasteiger partial charge in [-0.25, -0.2) is 0 Å². The molecular weight excluding hydrogens is 1020 g/mol. The maximum absolute atomic E-state index is 7.38. The normalized spacial score (nSPS) is 13.0. The predicted octanol–water partition coefficient (Wildman–Crippen LogP) is 22.5. The highest BCUT2D eigenvalue weighted by molar-refractivity contribution is 6.23. The molecule has 2 aliphatic carbocycles. The van der Waals surface area contributed by atoms with E-state index in [0.29, 0.717) is 0 Å². The molecule has 0 bridgehead atoms. The van der Waals surface area contributed by atoms with Crippen molar-refractivity contribution in [2.24, 2.45) is 0 Å². The third kappa shape index (κ3) is 8.42. The predicted molar refractivity (Wildman–Crippen MR) is 353 cm³/mol. The van der Waals surface area contributed by atoms with E-state index in [4.69, 9.17) is 8.83 Å². The zero-order chi connectivity index (χ0) is 56.2. The number of furan rings is 2. The lowest BCUT2D eigenvalue weighted by Crippen LogP contribution is -2.10. The molecule has 0 saturated carbocycles.